The monoisotopic (exact) mass is 154 g/mol. The summed E-state index contributed by atoms with van der Waals surface area (Å²) in [6.07, 6.45) is 7.10. The second-order valence-corrected chi connectivity index (χ2v) is 3.12. The van der Waals surface area contributed by atoms with E-state index in [0.717, 1.165) is 6.42 Å². The molecule has 1 N–H and O–H groups in total. The molecule has 0 radical (unpaired) electrons. The first-order valence-corrected chi connectivity index (χ1v) is 4.09. The number of hydrogen-bond donors (Lipinski definition) is 1. The lowest BCUT2D eigenvalue weighted by molar-refractivity contribution is 0.274. The Hall–Kier alpha value is -0.560. The minimum atomic E-state index is 0.278. The lowest BCUT2D eigenvalue weighted by atomic mass is 10.1. The summed E-state index contributed by atoms with van der Waals surface area (Å²) < 4.78 is 0. The molecule has 0 aromatic rings. The number of hydrogen-bond acceptors (Lipinski definition) is 1. The fourth-order valence-electron chi connectivity index (χ4n) is 0.738. The fraction of sp³-hybridized carbons (Fsp3) is 0.600. The molecule has 0 rings (SSSR count). The van der Waals surface area contributed by atoms with Crippen LogP contribution in [0.2, 0.25) is 0 Å². The van der Waals surface area contributed by atoms with Crippen molar-refractivity contribution in [1.82, 2.24) is 0 Å². The molecule has 1 unspecified atom stereocenters. The molecular formula is C10H18O. The molecule has 0 aliphatic rings. The zero-order chi connectivity index (χ0) is 8.69. The summed E-state index contributed by atoms with van der Waals surface area (Å²) in [5.41, 5.74) is 1.30. The molecule has 0 aromatic heterocycles. The van der Waals surface area contributed by atoms with Crippen molar-refractivity contribution in [2.75, 3.05) is 6.61 Å². The molecule has 0 amide bonds. The smallest absolute Gasteiger partial charge is 0.0436 e. The largest absolute Gasteiger partial charge is 0.396 e. The van der Waals surface area contributed by atoms with Crippen LogP contribution in [0.25, 0.3) is 0 Å². The van der Waals surface area contributed by atoms with Crippen LogP contribution in [0.4, 0.5) is 0 Å². The summed E-state index contributed by atoms with van der Waals surface area (Å²) in [6, 6.07) is 0. The molecule has 0 saturated carbocycles. The van der Waals surface area contributed by atoms with Crippen LogP contribution in [0.5, 0.6) is 0 Å². The van der Waals surface area contributed by atoms with Crippen molar-refractivity contribution in [2.24, 2.45) is 5.92 Å². The van der Waals surface area contributed by atoms with Gasteiger partial charge in [0.05, 0.1) is 0 Å². The van der Waals surface area contributed by atoms with Crippen LogP contribution in [0.3, 0.4) is 0 Å². The molecule has 64 valence electrons. The van der Waals surface area contributed by atoms with Crippen molar-refractivity contribution >= 4 is 0 Å². The number of aliphatic hydroxyl groups is 1. The van der Waals surface area contributed by atoms with Crippen molar-refractivity contribution < 1.29 is 5.11 Å². The zero-order valence-electron chi connectivity index (χ0n) is 7.67. The Bertz CT molecular complexity index is 141. The minimum absolute atomic E-state index is 0.278. The van der Waals surface area contributed by atoms with Gasteiger partial charge in [-0.3, -0.25) is 0 Å². The summed E-state index contributed by atoms with van der Waals surface area (Å²) in [7, 11) is 0. The average Bonchev–Trinajstić information content (AvgIpc) is 1.87. The molecule has 0 aliphatic carbocycles. The first-order chi connectivity index (χ1) is 5.16. The van der Waals surface area contributed by atoms with E-state index < -0.39 is 0 Å². The molecule has 1 atom stereocenters. The number of aliphatic hydroxyl groups excluding tert-OH is 1. The standard InChI is InChI=1S/C10H18O/c1-9(2)5-4-6-10(3)7-8-11/h4-6,10-11H,7-8H2,1-3H3/b6-4+. The third-order valence-corrected chi connectivity index (χ3v) is 1.45. The highest BCUT2D eigenvalue weighted by molar-refractivity contribution is 5.08. The Morgan fingerprint density at radius 3 is 2.55 bits per heavy atom. The Balaban J connectivity index is 3.64. The van der Waals surface area contributed by atoms with Crippen LogP contribution < -0.4 is 0 Å². The van der Waals surface area contributed by atoms with E-state index in [0.29, 0.717) is 5.92 Å². The van der Waals surface area contributed by atoms with Crippen molar-refractivity contribution in [2.45, 2.75) is 27.2 Å². The van der Waals surface area contributed by atoms with E-state index in [2.05, 4.69) is 39.0 Å². The van der Waals surface area contributed by atoms with E-state index >= 15 is 0 Å². The Labute approximate surface area is 69.4 Å². The lowest BCUT2D eigenvalue weighted by Crippen LogP contribution is -1.92. The molecule has 0 heterocycles. The third kappa shape index (κ3) is 7.34. The van der Waals surface area contributed by atoms with Crippen LogP contribution in [0, 0.1) is 5.92 Å². The maximum absolute atomic E-state index is 8.60. The highest BCUT2D eigenvalue weighted by Gasteiger charge is 1.92. The van der Waals surface area contributed by atoms with Gasteiger partial charge in [-0.2, -0.15) is 0 Å². The lowest BCUT2D eigenvalue weighted by Gasteiger charge is -2.00. The third-order valence-electron chi connectivity index (χ3n) is 1.45. The summed E-state index contributed by atoms with van der Waals surface area (Å²) in [4.78, 5) is 0. The summed E-state index contributed by atoms with van der Waals surface area (Å²) in [6.45, 7) is 6.52. The zero-order valence-corrected chi connectivity index (χ0v) is 7.67. The fourth-order valence-corrected chi connectivity index (χ4v) is 0.738. The van der Waals surface area contributed by atoms with Crippen LogP contribution in [0.1, 0.15) is 27.2 Å². The van der Waals surface area contributed by atoms with Gasteiger partial charge in [0.2, 0.25) is 0 Å². The van der Waals surface area contributed by atoms with Crippen LogP contribution in [0.15, 0.2) is 23.8 Å². The van der Waals surface area contributed by atoms with E-state index in [1.807, 2.05) is 0 Å². The Kier molecular flexibility index (Phi) is 5.86. The van der Waals surface area contributed by atoms with E-state index in [4.69, 9.17) is 5.11 Å². The SMILES string of the molecule is CC(C)=C/C=C/C(C)CCO. The molecular weight excluding hydrogens is 136 g/mol. The quantitative estimate of drug-likeness (QED) is 0.617. The number of allylic oxidation sites excluding steroid dienone is 4. The summed E-state index contributed by atoms with van der Waals surface area (Å²) >= 11 is 0. The van der Waals surface area contributed by atoms with E-state index in [1.54, 1.807) is 0 Å². The summed E-state index contributed by atoms with van der Waals surface area (Å²) in [5.74, 6) is 0.482. The molecule has 0 aliphatic heterocycles. The van der Waals surface area contributed by atoms with Crippen molar-refractivity contribution in [3.63, 3.8) is 0 Å². The molecule has 0 fully saturated rings. The Morgan fingerprint density at radius 1 is 1.45 bits per heavy atom. The second kappa shape index (κ2) is 6.17. The molecule has 1 nitrogen and oxygen atoms in total. The van der Waals surface area contributed by atoms with Gasteiger partial charge in [-0.15, -0.1) is 0 Å². The van der Waals surface area contributed by atoms with Crippen molar-refractivity contribution in [3.05, 3.63) is 23.8 Å². The normalized spacial score (nSPS) is 13.5. The maximum Gasteiger partial charge on any atom is 0.0436 e. The van der Waals surface area contributed by atoms with Gasteiger partial charge in [-0.05, 0) is 26.2 Å². The van der Waals surface area contributed by atoms with Gasteiger partial charge < -0.3 is 5.11 Å². The highest BCUT2D eigenvalue weighted by Crippen LogP contribution is 2.02. The van der Waals surface area contributed by atoms with Crippen LogP contribution in [-0.2, 0) is 0 Å². The molecule has 0 bridgehead atoms. The van der Waals surface area contributed by atoms with E-state index in [9.17, 15) is 0 Å². The number of rotatable bonds is 4. The van der Waals surface area contributed by atoms with Crippen molar-refractivity contribution in [3.8, 4) is 0 Å². The van der Waals surface area contributed by atoms with Gasteiger partial charge in [0.15, 0.2) is 0 Å². The van der Waals surface area contributed by atoms with Crippen LogP contribution >= 0.6 is 0 Å². The first kappa shape index (κ1) is 10.4. The molecule has 0 aromatic carbocycles. The molecule has 0 saturated heterocycles. The van der Waals surface area contributed by atoms with E-state index in [-0.39, 0.29) is 6.61 Å². The molecule has 1 heteroatoms. The molecule has 11 heavy (non-hydrogen) atoms. The van der Waals surface area contributed by atoms with Gasteiger partial charge >= 0.3 is 0 Å². The highest BCUT2D eigenvalue weighted by atomic mass is 16.2. The topological polar surface area (TPSA) is 20.2 Å². The van der Waals surface area contributed by atoms with Crippen molar-refractivity contribution in [1.29, 1.82) is 0 Å². The Morgan fingerprint density at radius 2 is 2.09 bits per heavy atom. The first-order valence-electron chi connectivity index (χ1n) is 4.09. The minimum Gasteiger partial charge on any atom is -0.396 e. The predicted octanol–water partition coefficient (Wildman–Crippen LogP) is 2.53. The summed E-state index contributed by atoms with van der Waals surface area (Å²) in [5, 5.41) is 8.60. The second-order valence-electron chi connectivity index (χ2n) is 3.12. The molecule has 0 spiro atoms. The van der Waals surface area contributed by atoms with Gasteiger partial charge in [-0.25, -0.2) is 0 Å². The van der Waals surface area contributed by atoms with Gasteiger partial charge in [0.1, 0.15) is 0 Å². The average molecular weight is 154 g/mol. The van der Waals surface area contributed by atoms with Gasteiger partial charge in [0, 0.05) is 6.61 Å². The van der Waals surface area contributed by atoms with Gasteiger partial charge in [0.25, 0.3) is 0 Å². The van der Waals surface area contributed by atoms with Gasteiger partial charge in [-0.1, -0.05) is 30.7 Å². The van der Waals surface area contributed by atoms with E-state index in [1.165, 1.54) is 5.57 Å². The van der Waals surface area contributed by atoms with Crippen LogP contribution in [-0.4, -0.2) is 11.7 Å². The maximum atomic E-state index is 8.60. The predicted molar refractivity (Wildman–Crippen MR) is 49.4 cm³/mol.